The molecule has 26 heavy (non-hydrogen) atoms. The minimum atomic E-state index is 0.0512. The van der Waals surface area contributed by atoms with E-state index in [1.165, 1.54) is 11.1 Å². The molecule has 4 rings (SSSR count). The Morgan fingerprint density at radius 3 is 2.77 bits per heavy atom. The number of pyridine rings is 2. The maximum Gasteiger partial charge on any atom is 0.251 e. The lowest BCUT2D eigenvalue weighted by Gasteiger charge is -2.18. The first-order chi connectivity index (χ1) is 12.7. The van der Waals surface area contributed by atoms with Gasteiger partial charge in [0.15, 0.2) is 0 Å². The standard InChI is InChI=1S/C21H23N3O2/c1-16-3-2-4-19(22-16)14-24-20-8-11-23(13-17-9-12-26-15-17)10-7-18(20)5-6-21(24)25/h2-6,9,12,15H,7-8,10-11,13-14H2,1H3. The number of hydrogen-bond acceptors (Lipinski definition) is 4. The van der Waals surface area contributed by atoms with Crippen LogP contribution in [0.1, 0.15) is 28.2 Å². The number of furan rings is 1. The number of hydrogen-bond donors (Lipinski definition) is 0. The quantitative estimate of drug-likeness (QED) is 0.727. The molecule has 0 aliphatic carbocycles. The van der Waals surface area contributed by atoms with E-state index in [0.29, 0.717) is 6.54 Å². The van der Waals surface area contributed by atoms with Crippen molar-refractivity contribution in [3.05, 3.63) is 87.5 Å². The van der Waals surface area contributed by atoms with E-state index in [9.17, 15) is 4.79 Å². The summed E-state index contributed by atoms with van der Waals surface area (Å²) in [4.78, 5) is 19.5. The van der Waals surface area contributed by atoms with Crippen LogP contribution in [-0.2, 0) is 25.9 Å². The topological polar surface area (TPSA) is 51.3 Å². The normalized spacial score (nSPS) is 14.8. The lowest BCUT2D eigenvalue weighted by molar-refractivity contribution is 0.277. The summed E-state index contributed by atoms with van der Waals surface area (Å²) < 4.78 is 7.08. The van der Waals surface area contributed by atoms with Crippen LogP contribution in [0.5, 0.6) is 0 Å². The molecule has 134 valence electrons. The van der Waals surface area contributed by atoms with Gasteiger partial charge < -0.3 is 8.98 Å². The fraction of sp³-hybridized carbons (Fsp3) is 0.333. The van der Waals surface area contributed by atoms with Crippen molar-refractivity contribution in [2.75, 3.05) is 13.1 Å². The summed E-state index contributed by atoms with van der Waals surface area (Å²) in [7, 11) is 0. The molecular formula is C21H23N3O2. The Kier molecular flexibility index (Phi) is 4.71. The zero-order valence-electron chi connectivity index (χ0n) is 15.0. The largest absolute Gasteiger partial charge is 0.472 e. The van der Waals surface area contributed by atoms with Crippen LogP contribution in [0.15, 0.2) is 58.1 Å². The number of fused-ring (bicyclic) bond motifs is 1. The van der Waals surface area contributed by atoms with Gasteiger partial charge in [-0.1, -0.05) is 12.1 Å². The maximum absolute atomic E-state index is 12.5. The van der Waals surface area contributed by atoms with Gasteiger partial charge in [-0.3, -0.25) is 14.7 Å². The Balaban J connectivity index is 1.58. The van der Waals surface area contributed by atoms with Crippen molar-refractivity contribution in [1.82, 2.24) is 14.5 Å². The van der Waals surface area contributed by atoms with E-state index in [1.54, 1.807) is 18.6 Å². The molecule has 0 fully saturated rings. The van der Waals surface area contributed by atoms with Gasteiger partial charge in [0.2, 0.25) is 0 Å². The molecule has 1 aliphatic rings. The van der Waals surface area contributed by atoms with Crippen LogP contribution < -0.4 is 5.56 Å². The van der Waals surface area contributed by atoms with Gasteiger partial charge in [-0.2, -0.15) is 0 Å². The zero-order valence-corrected chi connectivity index (χ0v) is 15.0. The Labute approximate surface area is 152 Å². The Morgan fingerprint density at radius 1 is 1.08 bits per heavy atom. The van der Waals surface area contributed by atoms with Crippen LogP contribution in [0.2, 0.25) is 0 Å². The average Bonchev–Trinajstić information content (AvgIpc) is 3.05. The van der Waals surface area contributed by atoms with Gasteiger partial charge in [0.05, 0.1) is 24.8 Å². The Morgan fingerprint density at radius 2 is 1.96 bits per heavy atom. The average molecular weight is 349 g/mol. The second-order valence-corrected chi connectivity index (χ2v) is 6.91. The van der Waals surface area contributed by atoms with E-state index in [0.717, 1.165) is 49.6 Å². The molecule has 3 aromatic heterocycles. The van der Waals surface area contributed by atoms with Gasteiger partial charge in [0.25, 0.3) is 5.56 Å². The zero-order chi connectivity index (χ0) is 17.9. The van der Waals surface area contributed by atoms with Crippen molar-refractivity contribution in [3.63, 3.8) is 0 Å². The van der Waals surface area contributed by atoms with Gasteiger partial charge in [-0.15, -0.1) is 0 Å². The summed E-state index contributed by atoms with van der Waals surface area (Å²) >= 11 is 0. The van der Waals surface area contributed by atoms with Crippen molar-refractivity contribution in [2.45, 2.75) is 32.9 Å². The highest BCUT2D eigenvalue weighted by Crippen LogP contribution is 2.17. The second-order valence-electron chi connectivity index (χ2n) is 6.91. The highest BCUT2D eigenvalue weighted by Gasteiger charge is 2.18. The van der Waals surface area contributed by atoms with E-state index in [-0.39, 0.29) is 5.56 Å². The third-order valence-corrected chi connectivity index (χ3v) is 5.00. The summed E-state index contributed by atoms with van der Waals surface area (Å²) in [6, 6.07) is 11.7. The molecule has 0 saturated carbocycles. The Bertz CT molecular complexity index is 944. The summed E-state index contributed by atoms with van der Waals surface area (Å²) in [5, 5.41) is 0. The lowest BCUT2D eigenvalue weighted by Crippen LogP contribution is -2.27. The van der Waals surface area contributed by atoms with E-state index < -0.39 is 0 Å². The van der Waals surface area contributed by atoms with Crippen LogP contribution >= 0.6 is 0 Å². The van der Waals surface area contributed by atoms with Gasteiger partial charge >= 0.3 is 0 Å². The monoisotopic (exact) mass is 349 g/mol. The van der Waals surface area contributed by atoms with Crippen molar-refractivity contribution in [1.29, 1.82) is 0 Å². The predicted molar refractivity (Wildman–Crippen MR) is 100 cm³/mol. The molecule has 0 amide bonds. The molecule has 0 aromatic carbocycles. The first-order valence-corrected chi connectivity index (χ1v) is 9.06. The number of aromatic nitrogens is 2. The van der Waals surface area contributed by atoms with E-state index in [2.05, 4.69) is 9.88 Å². The first-order valence-electron chi connectivity index (χ1n) is 9.06. The van der Waals surface area contributed by atoms with Crippen LogP contribution in [0.3, 0.4) is 0 Å². The smallest absolute Gasteiger partial charge is 0.251 e. The van der Waals surface area contributed by atoms with Gasteiger partial charge in [-0.25, -0.2) is 0 Å². The number of rotatable bonds is 4. The molecule has 5 heteroatoms. The molecule has 0 saturated heterocycles. The minimum absolute atomic E-state index is 0.0512. The molecule has 0 radical (unpaired) electrons. The molecule has 5 nitrogen and oxygen atoms in total. The van der Waals surface area contributed by atoms with E-state index in [1.807, 2.05) is 41.8 Å². The van der Waals surface area contributed by atoms with Crippen molar-refractivity contribution in [2.24, 2.45) is 0 Å². The lowest BCUT2D eigenvalue weighted by atomic mass is 10.1. The van der Waals surface area contributed by atoms with Crippen LogP contribution in [-0.4, -0.2) is 27.5 Å². The summed E-state index contributed by atoms with van der Waals surface area (Å²) in [5.41, 5.74) is 5.57. The maximum atomic E-state index is 12.5. The first kappa shape index (κ1) is 16.8. The van der Waals surface area contributed by atoms with Crippen molar-refractivity contribution in [3.8, 4) is 0 Å². The van der Waals surface area contributed by atoms with Crippen molar-refractivity contribution >= 4 is 0 Å². The second kappa shape index (κ2) is 7.30. The highest BCUT2D eigenvalue weighted by atomic mass is 16.3. The molecule has 0 bridgehead atoms. The van der Waals surface area contributed by atoms with Crippen LogP contribution in [0.4, 0.5) is 0 Å². The molecule has 0 unspecified atom stereocenters. The number of aryl methyl sites for hydroxylation is 1. The van der Waals surface area contributed by atoms with Gasteiger partial charge in [-0.05, 0) is 37.1 Å². The van der Waals surface area contributed by atoms with E-state index in [4.69, 9.17) is 4.42 Å². The molecule has 0 spiro atoms. The fourth-order valence-electron chi connectivity index (χ4n) is 3.66. The number of nitrogens with zero attached hydrogens (tertiary/aromatic N) is 3. The van der Waals surface area contributed by atoms with Crippen LogP contribution in [0, 0.1) is 6.92 Å². The van der Waals surface area contributed by atoms with Crippen molar-refractivity contribution < 1.29 is 4.42 Å². The third kappa shape index (κ3) is 3.63. The Hall–Kier alpha value is -2.66. The molecule has 1 aliphatic heterocycles. The predicted octanol–water partition coefficient (Wildman–Crippen LogP) is 2.79. The summed E-state index contributed by atoms with van der Waals surface area (Å²) in [5.74, 6) is 0. The SMILES string of the molecule is Cc1cccc(Cn2c3c(ccc2=O)CCN(Cc2ccoc2)CC3)n1. The fourth-order valence-corrected chi connectivity index (χ4v) is 3.66. The molecular weight excluding hydrogens is 326 g/mol. The van der Waals surface area contributed by atoms with Crippen LogP contribution in [0.25, 0.3) is 0 Å². The van der Waals surface area contributed by atoms with Gasteiger partial charge in [0, 0.05) is 49.1 Å². The molecule has 4 heterocycles. The molecule has 3 aromatic rings. The molecule has 0 N–H and O–H groups in total. The summed E-state index contributed by atoms with van der Waals surface area (Å²) in [6.45, 7) is 5.31. The summed E-state index contributed by atoms with van der Waals surface area (Å²) in [6.07, 6.45) is 5.34. The van der Waals surface area contributed by atoms with Gasteiger partial charge in [0.1, 0.15) is 0 Å². The third-order valence-electron chi connectivity index (χ3n) is 5.00. The molecule has 0 atom stereocenters. The minimum Gasteiger partial charge on any atom is -0.472 e. The highest BCUT2D eigenvalue weighted by molar-refractivity contribution is 5.25. The van der Waals surface area contributed by atoms with E-state index >= 15 is 0 Å².